The normalized spacial score (nSPS) is 17.3. The first-order chi connectivity index (χ1) is 24.0. The van der Waals surface area contributed by atoms with E-state index in [1.807, 2.05) is 97.1 Å². The van der Waals surface area contributed by atoms with E-state index in [9.17, 15) is 14.7 Å². The Hall–Kier alpha value is -4.94. The lowest BCUT2D eigenvalue weighted by Gasteiger charge is -2.36. The predicted octanol–water partition coefficient (Wildman–Crippen LogP) is 7.52. The molecule has 3 unspecified atom stereocenters. The molecule has 0 spiro atoms. The molecule has 49 heavy (non-hydrogen) atoms. The van der Waals surface area contributed by atoms with Crippen molar-refractivity contribution in [1.29, 1.82) is 0 Å². The number of ether oxygens (including phenoxy) is 3. The number of rotatable bonds is 12. The third-order valence-corrected chi connectivity index (χ3v) is 8.80. The second kappa shape index (κ2) is 16.4. The number of nitrogens with one attached hydrogen (secondary N) is 2. The molecule has 1 aliphatic heterocycles. The zero-order valence-corrected chi connectivity index (χ0v) is 27.7. The minimum atomic E-state index is -0.683. The second-order valence-electron chi connectivity index (χ2n) is 11.3. The minimum Gasteiger partial charge on any atom is -0.465 e. The Kier molecular flexibility index (Phi) is 11.4. The average Bonchev–Trinajstić information content (AvgIpc) is 3.59. The quantitative estimate of drug-likeness (QED) is 0.0905. The number of aliphatic hydroxyl groups is 1. The van der Waals surface area contributed by atoms with Gasteiger partial charge in [-0.05, 0) is 30.2 Å². The van der Waals surface area contributed by atoms with E-state index in [0.717, 1.165) is 33.5 Å². The molecule has 11 heteroatoms. The fraction of sp³-hybridized carbons (Fsp3) is 0.237. The van der Waals surface area contributed by atoms with Gasteiger partial charge < -0.3 is 34.4 Å². The summed E-state index contributed by atoms with van der Waals surface area (Å²) in [5.41, 5.74) is 5.82. The number of benzene rings is 4. The largest absolute Gasteiger partial charge is 0.465 e. The number of esters is 1. The minimum absolute atomic E-state index is 0.0376. The van der Waals surface area contributed by atoms with E-state index in [2.05, 4.69) is 10.6 Å². The van der Waals surface area contributed by atoms with Crippen LogP contribution in [0.25, 0.3) is 22.6 Å². The Bertz CT molecular complexity index is 1760. The van der Waals surface area contributed by atoms with Gasteiger partial charge in [0.1, 0.15) is 12.2 Å². The van der Waals surface area contributed by atoms with Crippen molar-refractivity contribution in [2.45, 2.75) is 43.7 Å². The van der Waals surface area contributed by atoms with Crippen LogP contribution in [0.1, 0.15) is 42.4 Å². The molecule has 2 amide bonds. The number of urea groups is 1. The van der Waals surface area contributed by atoms with Gasteiger partial charge in [0.25, 0.3) is 5.22 Å². The first-order valence-electron chi connectivity index (χ1n) is 16.0. The van der Waals surface area contributed by atoms with E-state index in [1.165, 1.54) is 11.8 Å². The fourth-order valence-electron chi connectivity index (χ4n) is 5.39. The zero-order valence-electron chi connectivity index (χ0n) is 26.9. The summed E-state index contributed by atoms with van der Waals surface area (Å²) < 4.78 is 24.2. The number of aromatic nitrogens is 1. The van der Waals surface area contributed by atoms with E-state index >= 15 is 0 Å². The lowest BCUT2D eigenvalue weighted by Crippen LogP contribution is -2.34. The third kappa shape index (κ3) is 8.95. The maximum atomic E-state index is 12.3. The van der Waals surface area contributed by atoms with E-state index in [0.29, 0.717) is 28.8 Å². The third-order valence-electron chi connectivity index (χ3n) is 7.84. The first kappa shape index (κ1) is 33.9. The number of aliphatic hydroxyl groups excluding tert-OH is 1. The molecule has 4 aromatic carbocycles. The standard InChI is InChI=1S/C38H37N3O7S/c1-2-45-33(43)22-39-37(44)40-30-19-17-29(18-20-30)36-46-31(21-32(47-36)26-15-13-25(23-42)14-16-26)24-49-38-41-34(27-9-5-3-6-10-27)35(48-38)28-11-7-4-8-12-28/h3-20,31-32,36,42H,2,21-24H2,1H3,(H2,39,40,44). The highest BCUT2D eigenvalue weighted by Crippen LogP contribution is 2.41. The lowest BCUT2D eigenvalue weighted by atomic mass is 10.0. The van der Waals surface area contributed by atoms with Crippen LogP contribution in [-0.2, 0) is 25.6 Å². The molecule has 3 N–H and O–H groups in total. The van der Waals surface area contributed by atoms with Gasteiger partial charge in [0.2, 0.25) is 0 Å². The van der Waals surface area contributed by atoms with Crippen molar-refractivity contribution in [3.05, 3.63) is 126 Å². The van der Waals surface area contributed by atoms with Crippen molar-refractivity contribution >= 4 is 29.4 Å². The topological polar surface area (TPSA) is 132 Å². The molecule has 1 aromatic heterocycles. The SMILES string of the molecule is CCOC(=O)CNC(=O)Nc1ccc(C2OC(CSc3nc(-c4ccccc4)c(-c4ccccc4)o3)CC(c3ccc(CO)cc3)O2)cc1. The predicted molar refractivity (Wildman–Crippen MR) is 187 cm³/mol. The monoisotopic (exact) mass is 679 g/mol. The molecule has 3 atom stereocenters. The maximum absolute atomic E-state index is 12.3. The first-order valence-corrected chi connectivity index (χ1v) is 17.0. The van der Waals surface area contributed by atoms with E-state index in [-0.39, 0.29) is 32.0 Å². The summed E-state index contributed by atoms with van der Waals surface area (Å²) in [6.07, 6.45) is -0.573. The summed E-state index contributed by atoms with van der Waals surface area (Å²) in [6.45, 7) is 1.68. The fourth-order valence-corrected chi connectivity index (χ4v) is 6.23. The number of anilines is 1. The molecular weight excluding hydrogens is 642 g/mol. The van der Waals surface area contributed by atoms with E-state index < -0.39 is 18.3 Å². The van der Waals surface area contributed by atoms with Crippen LogP contribution in [0.15, 0.2) is 119 Å². The van der Waals surface area contributed by atoms with Crippen LogP contribution in [0.3, 0.4) is 0 Å². The highest BCUT2D eigenvalue weighted by molar-refractivity contribution is 7.99. The number of hydrogen-bond acceptors (Lipinski definition) is 9. The number of oxazole rings is 1. The summed E-state index contributed by atoms with van der Waals surface area (Å²) in [4.78, 5) is 28.7. The van der Waals surface area contributed by atoms with E-state index in [1.54, 1.807) is 19.1 Å². The van der Waals surface area contributed by atoms with Crippen LogP contribution in [0.2, 0.25) is 0 Å². The Morgan fingerprint density at radius 1 is 0.878 bits per heavy atom. The van der Waals surface area contributed by atoms with Crippen LogP contribution in [0.4, 0.5) is 10.5 Å². The van der Waals surface area contributed by atoms with Gasteiger partial charge in [-0.2, -0.15) is 0 Å². The lowest BCUT2D eigenvalue weighted by molar-refractivity contribution is -0.245. The number of nitrogens with zero attached hydrogens (tertiary/aromatic N) is 1. The van der Waals surface area contributed by atoms with Gasteiger partial charge in [0.15, 0.2) is 12.1 Å². The molecule has 0 aliphatic carbocycles. The van der Waals surface area contributed by atoms with Crippen molar-refractivity contribution in [1.82, 2.24) is 10.3 Å². The van der Waals surface area contributed by atoms with Crippen LogP contribution >= 0.6 is 11.8 Å². The van der Waals surface area contributed by atoms with Crippen LogP contribution in [0, 0.1) is 0 Å². The smallest absolute Gasteiger partial charge is 0.325 e. The molecule has 1 aliphatic rings. The number of carbonyl (C=O) groups is 2. The highest BCUT2D eigenvalue weighted by atomic mass is 32.2. The molecular formula is C38H37N3O7S. The number of thioether (sulfide) groups is 1. The summed E-state index contributed by atoms with van der Waals surface area (Å²) in [5, 5.41) is 15.3. The van der Waals surface area contributed by atoms with Crippen molar-refractivity contribution in [3.63, 3.8) is 0 Å². The molecule has 1 saturated heterocycles. The molecule has 6 rings (SSSR count). The molecule has 5 aromatic rings. The number of hydrogen-bond donors (Lipinski definition) is 3. The Morgan fingerprint density at radius 3 is 2.22 bits per heavy atom. The van der Waals surface area contributed by atoms with Crippen LogP contribution < -0.4 is 10.6 Å². The van der Waals surface area contributed by atoms with Crippen molar-refractivity contribution < 1.29 is 33.3 Å². The highest BCUT2D eigenvalue weighted by Gasteiger charge is 2.33. The number of amides is 2. The van der Waals surface area contributed by atoms with Gasteiger partial charge in [0.05, 0.1) is 25.4 Å². The summed E-state index contributed by atoms with van der Waals surface area (Å²) in [5.74, 6) is 0.767. The Balaban J connectivity index is 1.18. The summed E-state index contributed by atoms with van der Waals surface area (Å²) in [6, 6.07) is 34.3. The average molecular weight is 680 g/mol. The maximum Gasteiger partial charge on any atom is 0.325 e. The molecule has 2 heterocycles. The molecule has 0 radical (unpaired) electrons. The van der Waals surface area contributed by atoms with Gasteiger partial charge in [-0.3, -0.25) is 4.79 Å². The van der Waals surface area contributed by atoms with Gasteiger partial charge in [-0.25, -0.2) is 9.78 Å². The molecule has 252 valence electrons. The molecule has 0 saturated carbocycles. The van der Waals surface area contributed by atoms with Crippen molar-refractivity contribution in [2.75, 3.05) is 24.2 Å². The molecule has 0 bridgehead atoms. The number of carbonyl (C=O) groups excluding carboxylic acids is 2. The van der Waals surface area contributed by atoms with Crippen LogP contribution in [-0.4, -0.2) is 47.1 Å². The zero-order chi connectivity index (χ0) is 34.0. The van der Waals surface area contributed by atoms with Gasteiger partial charge in [0, 0.05) is 34.6 Å². The van der Waals surface area contributed by atoms with Crippen molar-refractivity contribution in [3.8, 4) is 22.6 Å². The van der Waals surface area contributed by atoms with Gasteiger partial charge in [-0.1, -0.05) is 109 Å². The summed E-state index contributed by atoms with van der Waals surface area (Å²) >= 11 is 1.49. The Labute approximate surface area is 288 Å². The molecule has 10 nitrogen and oxygen atoms in total. The van der Waals surface area contributed by atoms with Gasteiger partial charge in [-0.15, -0.1) is 0 Å². The van der Waals surface area contributed by atoms with Gasteiger partial charge >= 0.3 is 12.0 Å². The second-order valence-corrected chi connectivity index (χ2v) is 12.3. The molecule has 1 fully saturated rings. The van der Waals surface area contributed by atoms with E-state index in [4.69, 9.17) is 23.6 Å². The summed E-state index contributed by atoms with van der Waals surface area (Å²) in [7, 11) is 0. The van der Waals surface area contributed by atoms with Crippen molar-refractivity contribution in [2.24, 2.45) is 0 Å². The Morgan fingerprint density at radius 2 is 1.55 bits per heavy atom. The van der Waals surface area contributed by atoms with Crippen LogP contribution in [0.5, 0.6) is 0 Å².